The summed E-state index contributed by atoms with van der Waals surface area (Å²) in [5.41, 5.74) is 2.83. The molecule has 3 heterocycles. The minimum Gasteiger partial charge on any atom is -0.377 e. The van der Waals surface area contributed by atoms with Crippen LogP contribution in [0.4, 0.5) is 0 Å². The zero-order valence-corrected chi connectivity index (χ0v) is 14.9. The minimum absolute atomic E-state index is 0.0211. The minimum atomic E-state index is -0.108. The number of carbonyl (C=O) groups is 2. The number of benzene rings is 1. The Bertz CT molecular complexity index is 829. The van der Waals surface area contributed by atoms with Gasteiger partial charge in [-0.25, -0.2) is 0 Å². The Balaban J connectivity index is 1.50. The van der Waals surface area contributed by atoms with Crippen LogP contribution >= 0.6 is 0 Å². The molecule has 0 radical (unpaired) electrons. The molecule has 4 rings (SSSR count). The molecule has 136 valence electrons. The molecule has 2 aliphatic heterocycles. The van der Waals surface area contributed by atoms with Gasteiger partial charge in [0.05, 0.1) is 19.3 Å². The van der Waals surface area contributed by atoms with Crippen molar-refractivity contribution in [1.82, 2.24) is 14.4 Å². The number of fused-ring (bicyclic) bond motifs is 1. The molecular formula is C20H23N3O3. The van der Waals surface area contributed by atoms with Crippen LogP contribution in [0.2, 0.25) is 0 Å². The van der Waals surface area contributed by atoms with Crippen LogP contribution in [0.1, 0.15) is 27.7 Å². The van der Waals surface area contributed by atoms with E-state index in [4.69, 9.17) is 4.74 Å². The standard InChI is InChI=1S/C20H23N3O3/c1-21-9-4-7-17(21)18-14-26-12-11-23(18)19(24)13-22-10-8-15-5-2-3-6-16(15)20(22)25/h2-7,9,18H,8,10-14H2,1H3. The van der Waals surface area contributed by atoms with E-state index in [2.05, 4.69) is 0 Å². The highest BCUT2D eigenvalue weighted by Gasteiger charge is 2.33. The van der Waals surface area contributed by atoms with Crippen molar-refractivity contribution in [3.8, 4) is 0 Å². The zero-order valence-electron chi connectivity index (χ0n) is 14.9. The summed E-state index contributed by atoms with van der Waals surface area (Å²) in [6.45, 7) is 2.27. The second kappa shape index (κ2) is 6.96. The Hall–Kier alpha value is -2.60. The lowest BCUT2D eigenvalue weighted by Crippen LogP contribution is -2.50. The lowest BCUT2D eigenvalue weighted by molar-refractivity contribution is -0.141. The number of aromatic nitrogens is 1. The average molecular weight is 353 g/mol. The van der Waals surface area contributed by atoms with Crippen LogP contribution < -0.4 is 0 Å². The molecule has 0 saturated carbocycles. The highest BCUT2D eigenvalue weighted by molar-refractivity contribution is 5.98. The third-order valence-corrected chi connectivity index (χ3v) is 5.29. The summed E-state index contributed by atoms with van der Waals surface area (Å²) in [4.78, 5) is 29.3. The fraction of sp³-hybridized carbons (Fsp3) is 0.400. The van der Waals surface area contributed by atoms with Crippen LogP contribution in [0.3, 0.4) is 0 Å². The number of carbonyl (C=O) groups excluding carboxylic acids is 2. The van der Waals surface area contributed by atoms with E-state index in [1.807, 2.05) is 59.1 Å². The van der Waals surface area contributed by atoms with Crippen molar-refractivity contribution in [3.63, 3.8) is 0 Å². The van der Waals surface area contributed by atoms with Gasteiger partial charge in [-0.15, -0.1) is 0 Å². The van der Waals surface area contributed by atoms with Gasteiger partial charge < -0.3 is 19.1 Å². The van der Waals surface area contributed by atoms with Gasteiger partial charge in [0.15, 0.2) is 0 Å². The molecule has 26 heavy (non-hydrogen) atoms. The summed E-state index contributed by atoms with van der Waals surface area (Å²) in [5.74, 6) is -0.0730. The Morgan fingerprint density at radius 2 is 2.04 bits per heavy atom. The lowest BCUT2D eigenvalue weighted by Gasteiger charge is -2.37. The molecule has 1 aromatic heterocycles. The van der Waals surface area contributed by atoms with Crippen molar-refractivity contribution in [2.75, 3.05) is 32.8 Å². The van der Waals surface area contributed by atoms with E-state index in [0.717, 1.165) is 17.7 Å². The van der Waals surface area contributed by atoms with Gasteiger partial charge in [0.2, 0.25) is 5.91 Å². The largest absolute Gasteiger partial charge is 0.377 e. The Morgan fingerprint density at radius 1 is 1.19 bits per heavy atom. The summed E-state index contributed by atoms with van der Waals surface area (Å²) in [7, 11) is 1.97. The molecule has 1 fully saturated rings. The SMILES string of the molecule is Cn1cccc1C1COCCN1C(=O)CN1CCc2ccccc2C1=O. The van der Waals surface area contributed by atoms with E-state index in [1.54, 1.807) is 4.90 Å². The average Bonchev–Trinajstić information content (AvgIpc) is 3.10. The molecule has 0 bridgehead atoms. The second-order valence-electron chi connectivity index (χ2n) is 6.86. The van der Waals surface area contributed by atoms with Gasteiger partial charge in [-0.3, -0.25) is 9.59 Å². The van der Waals surface area contributed by atoms with E-state index in [9.17, 15) is 9.59 Å². The number of hydrogen-bond acceptors (Lipinski definition) is 3. The number of ether oxygens (including phenoxy) is 1. The van der Waals surface area contributed by atoms with Gasteiger partial charge in [0.1, 0.15) is 6.54 Å². The predicted octanol–water partition coefficient (Wildman–Crippen LogP) is 1.62. The maximum Gasteiger partial charge on any atom is 0.254 e. The first-order chi connectivity index (χ1) is 12.6. The summed E-state index contributed by atoms with van der Waals surface area (Å²) in [6, 6.07) is 11.5. The molecule has 6 nitrogen and oxygen atoms in total. The molecular weight excluding hydrogens is 330 g/mol. The number of morpholine rings is 1. The van der Waals surface area contributed by atoms with Gasteiger partial charge in [-0.1, -0.05) is 18.2 Å². The van der Waals surface area contributed by atoms with Crippen molar-refractivity contribution in [2.45, 2.75) is 12.5 Å². The Kier molecular flexibility index (Phi) is 4.51. The molecule has 2 aliphatic rings. The van der Waals surface area contributed by atoms with Crippen LogP contribution in [0.5, 0.6) is 0 Å². The number of nitrogens with zero attached hydrogens (tertiary/aromatic N) is 3. The Labute approximate surface area is 153 Å². The summed E-state index contributed by atoms with van der Waals surface area (Å²) in [6.07, 6.45) is 2.76. The first kappa shape index (κ1) is 16.8. The summed E-state index contributed by atoms with van der Waals surface area (Å²) in [5, 5.41) is 0. The van der Waals surface area contributed by atoms with Crippen molar-refractivity contribution >= 4 is 11.8 Å². The maximum atomic E-state index is 13.0. The molecule has 1 saturated heterocycles. The number of amides is 2. The van der Waals surface area contributed by atoms with Crippen LogP contribution in [0.25, 0.3) is 0 Å². The maximum absolute atomic E-state index is 13.0. The van der Waals surface area contributed by atoms with Crippen molar-refractivity contribution < 1.29 is 14.3 Å². The first-order valence-corrected chi connectivity index (χ1v) is 9.01. The molecule has 1 atom stereocenters. The molecule has 1 aromatic carbocycles. The van der Waals surface area contributed by atoms with E-state index in [-0.39, 0.29) is 24.4 Å². The number of rotatable bonds is 3. The van der Waals surface area contributed by atoms with Gasteiger partial charge in [0.25, 0.3) is 5.91 Å². The summed E-state index contributed by atoms with van der Waals surface area (Å²) < 4.78 is 7.63. The summed E-state index contributed by atoms with van der Waals surface area (Å²) >= 11 is 0. The predicted molar refractivity (Wildman–Crippen MR) is 96.7 cm³/mol. The number of aryl methyl sites for hydroxylation is 1. The molecule has 6 heteroatoms. The van der Waals surface area contributed by atoms with Gasteiger partial charge in [0, 0.05) is 37.6 Å². The molecule has 2 amide bonds. The van der Waals surface area contributed by atoms with Crippen LogP contribution in [0, 0.1) is 0 Å². The molecule has 2 aromatic rings. The highest BCUT2D eigenvalue weighted by Crippen LogP contribution is 2.25. The highest BCUT2D eigenvalue weighted by atomic mass is 16.5. The van der Waals surface area contributed by atoms with Crippen molar-refractivity contribution in [3.05, 3.63) is 59.4 Å². The molecule has 1 unspecified atom stereocenters. The molecule has 0 spiro atoms. The first-order valence-electron chi connectivity index (χ1n) is 9.01. The molecule has 0 N–H and O–H groups in total. The second-order valence-corrected chi connectivity index (χ2v) is 6.86. The van der Waals surface area contributed by atoms with Crippen LogP contribution in [-0.4, -0.2) is 59.0 Å². The van der Waals surface area contributed by atoms with E-state index < -0.39 is 0 Å². The van der Waals surface area contributed by atoms with E-state index in [0.29, 0.717) is 31.9 Å². The normalized spacial score (nSPS) is 20.2. The fourth-order valence-electron chi connectivity index (χ4n) is 3.85. The monoisotopic (exact) mass is 353 g/mol. The zero-order chi connectivity index (χ0) is 18.1. The third-order valence-electron chi connectivity index (χ3n) is 5.29. The smallest absolute Gasteiger partial charge is 0.254 e. The Morgan fingerprint density at radius 3 is 2.85 bits per heavy atom. The fourth-order valence-corrected chi connectivity index (χ4v) is 3.85. The molecule has 0 aliphatic carbocycles. The van der Waals surface area contributed by atoms with Crippen molar-refractivity contribution in [1.29, 1.82) is 0 Å². The third kappa shape index (κ3) is 3.01. The van der Waals surface area contributed by atoms with Crippen molar-refractivity contribution in [2.24, 2.45) is 7.05 Å². The lowest BCUT2D eigenvalue weighted by atomic mass is 9.99. The van der Waals surface area contributed by atoms with E-state index in [1.165, 1.54) is 0 Å². The van der Waals surface area contributed by atoms with E-state index >= 15 is 0 Å². The number of hydrogen-bond donors (Lipinski definition) is 0. The van der Waals surface area contributed by atoms with Gasteiger partial charge in [-0.05, 0) is 30.2 Å². The quantitative estimate of drug-likeness (QED) is 0.843. The topological polar surface area (TPSA) is 54.8 Å². The van der Waals surface area contributed by atoms with Gasteiger partial charge >= 0.3 is 0 Å². The van der Waals surface area contributed by atoms with Gasteiger partial charge in [-0.2, -0.15) is 0 Å². The van der Waals surface area contributed by atoms with Crippen LogP contribution in [-0.2, 0) is 23.0 Å². The van der Waals surface area contributed by atoms with Crippen LogP contribution in [0.15, 0.2) is 42.6 Å².